The molecule has 0 radical (unpaired) electrons. The second-order valence-corrected chi connectivity index (χ2v) is 8.72. The summed E-state index contributed by atoms with van der Waals surface area (Å²) in [7, 11) is 0. The lowest BCUT2D eigenvalue weighted by molar-refractivity contribution is -0.116. The van der Waals surface area contributed by atoms with Crippen LogP contribution in [0.2, 0.25) is 0 Å². The van der Waals surface area contributed by atoms with Gasteiger partial charge in [0, 0.05) is 23.5 Å². The number of nitrogens with zero attached hydrogens (tertiary/aromatic N) is 6. The number of carbonyl (C=O) groups is 1. The highest BCUT2D eigenvalue weighted by Crippen LogP contribution is 2.33. The zero-order valence-corrected chi connectivity index (χ0v) is 17.9. The van der Waals surface area contributed by atoms with Crippen molar-refractivity contribution in [1.29, 1.82) is 0 Å². The van der Waals surface area contributed by atoms with Crippen molar-refractivity contribution in [2.24, 2.45) is 0 Å². The van der Waals surface area contributed by atoms with Crippen LogP contribution < -0.4 is 10.9 Å². The predicted octanol–water partition coefficient (Wildman–Crippen LogP) is 2.65. The van der Waals surface area contributed by atoms with Crippen LogP contribution in [0.4, 0.5) is 5.69 Å². The van der Waals surface area contributed by atoms with Crippen molar-refractivity contribution < 1.29 is 4.79 Å². The Morgan fingerprint density at radius 3 is 2.94 bits per heavy atom. The van der Waals surface area contributed by atoms with Gasteiger partial charge in [0.1, 0.15) is 11.2 Å². The van der Waals surface area contributed by atoms with Gasteiger partial charge in [0.05, 0.1) is 17.4 Å². The molecule has 158 valence electrons. The lowest BCUT2D eigenvalue weighted by Crippen LogP contribution is -2.24. The SMILES string of the molecule is Cc1c(NC(=O)CCn2cnc3sc4c(c3c2=O)CCCC4)cccc1-n1cnnn1. The molecular weight excluding hydrogens is 414 g/mol. The Hall–Kier alpha value is -3.40. The Morgan fingerprint density at radius 2 is 2.10 bits per heavy atom. The fourth-order valence-electron chi connectivity index (χ4n) is 4.05. The number of aromatic nitrogens is 6. The van der Waals surface area contributed by atoms with E-state index in [1.54, 1.807) is 26.9 Å². The van der Waals surface area contributed by atoms with Gasteiger partial charge in [-0.15, -0.1) is 16.4 Å². The second-order valence-electron chi connectivity index (χ2n) is 7.64. The van der Waals surface area contributed by atoms with Crippen LogP contribution >= 0.6 is 11.3 Å². The van der Waals surface area contributed by atoms with Crippen molar-refractivity contribution in [3.63, 3.8) is 0 Å². The minimum absolute atomic E-state index is 0.0472. The first-order valence-electron chi connectivity index (χ1n) is 10.2. The predicted molar refractivity (Wildman–Crippen MR) is 118 cm³/mol. The summed E-state index contributed by atoms with van der Waals surface area (Å²) in [5.74, 6) is -0.170. The van der Waals surface area contributed by atoms with Crippen LogP contribution in [-0.4, -0.2) is 35.7 Å². The fraction of sp³-hybridized carbons (Fsp3) is 0.333. The van der Waals surface area contributed by atoms with Crippen LogP contribution in [0.5, 0.6) is 0 Å². The highest BCUT2D eigenvalue weighted by atomic mass is 32.1. The number of aryl methyl sites for hydroxylation is 3. The van der Waals surface area contributed by atoms with E-state index in [0.717, 1.165) is 46.3 Å². The van der Waals surface area contributed by atoms with E-state index in [9.17, 15) is 9.59 Å². The number of rotatable bonds is 5. The molecule has 0 fully saturated rings. The molecule has 10 heteroatoms. The molecule has 1 aliphatic carbocycles. The third-order valence-electron chi connectivity index (χ3n) is 5.70. The molecule has 3 aromatic heterocycles. The number of hydrogen-bond acceptors (Lipinski definition) is 7. The Morgan fingerprint density at radius 1 is 1.23 bits per heavy atom. The van der Waals surface area contributed by atoms with E-state index < -0.39 is 0 Å². The highest BCUT2D eigenvalue weighted by Gasteiger charge is 2.20. The van der Waals surface area contributed by atoms with Crippen LogP contribution in [0, 0.1) is 6.92 Å². The van der Waals surface area contributed by atoms with Crippen molar-refractivity contribution in [2.45, 2.75) is 45.6 Å². The van der Waals surface area contributed by atoms with E-state index in [1.807, 2.05) is 25.1 Å². The molecule has 0 unspecified atom stereocenters. The molecule has 0 bridgehead atoms. The molecule has 0 spiro atoms. The maximum atomic E-state index is 13.0. The molecular formula is C21H21N7O2S. The standard InChI is InChI=1S/C21H21N7O2S/c1-13-15(6-4-7-16(13)28-12-23-25-26-28)24-18(29)9-10-27-11-22-20-19(21(27)30)14-5-2-3-8-17(14)31-20/h4,6-7,11-12H,2-3,5,8-10H2,1H3,(H,24,29). The van der Waals surface area contributed by atoms with Crippen molar-refractivity contribution in [2.75, 3.05) is 5.32 Å². The molecule has 5 rings (SSSR count). The van der Waals surface area contributed by atoms with Crippen LogP contribution in [0.3, 0.4) is 0 Å². The Bertz CT molecular complexity index is 1320. The molecule has 4 aromatic rings. The topological polar surface area (TPSA) is 108 Å². The molecule has 0 saturated carbocycles. The Balaban J connectivity index is 1.32. The number of amides is 1. The lowest BCUT2D eigenvalue weighted by Gasteiger charge is -2.12. The maximum absolute atomic E-state index is 13.0. The summed E-state index contributed by atoms with van der Waals surface area (Å²) in [6.07, 6.45) is 7.49. The van der Waals surface area contributed by atoms with Gasteiger partial charge in [-0.1, -0.05) is 6.07 Å². The first kappa shape index (κ1) is 19.6. The van der Waals surface area contributed by atoms with Gasteiger partial charge in [0.25, 0.3) is 5.56 Å². The third-order valence-corrected chi connectivity index (χ3v) is 6.90. The van der Waals surface area contributed by atoms with Crippen molar-refractivity contribution in [3.8, 4) is 5.69 Å². The second kappa shape index (κ2) is 8.03. The number of anilines is 1. The van der Waals surface area contributed by atoms with Crippen molar-refractivity contribution in [3.05, 3.63) is 57.2 Å². The average molecular weight is 436 g/mol. The maximum Gasteiger partial charge on any atom is 0.262 e. The van der Waals surface area contributed by atoms with Gasteiger partial charge in [0.15, 0.2) is 0 Å². The summed E-state index contributed by atoms with van der Waals surface area (Å²) in [4.78, 5) is 32.2. The van der Waals surface area contributed by atoms with Gasteiger partial charge in [-0.2, -0.15) is 0 Å². The number of hydrogen-bond donors (Lipinski definition) is 1. The minimum Gasteiger partial charge on any atom is -0.326 e. The number of fused-ring (bicyclic) bond motifs is 3. The number of thiophene rings is 1. The van der Waals surface area contributed by atoms with Gasteiger partial charge in [-0.05, 0) is 66.3 Å². The van der Waals surface area contributed by atoms with Gasteiger partial charge in [-0.3, -0.25) is 14.2 Å². The summed E-state index contributed by atoms with van der Waals surface area (Å²) in [6.45, 7) is 2.18. The summed E-state index contributed by atoms with van der Waals surface area (Å²) in [6, 6.07) is 5.55. The van der Waals surface area contributed by atoms with Gasteiger partial charge in [-0.25, -0.2) is 9.67 Å². The quantitative estimate of drug-likeness (QED) is 0.516. The molecule has 9 nitrogen and oxygen atoms in total. The molecule has 1 amide bonds. The molecule has 1 aliphatic rings. The summed E-state index contributed by atoms with van der Waals surface area (Å²) >= 11 is 1.63. The summed E-state index contributed by atoms with van der Waals surface area (Å²) < 4.78 is 3.10. The Kier molecular flexibility index (Phi) is 5.06. The number of carbonyl (C=O) groups excluding carboxylic acids is 1. The van der Waals surface area contributed by atoms with Gasteiger partial charge >= 0.3 is 0 Å². The molecule has 1 N–H and O–H groups in total. The zero-order valence-electron chi connectivity index (χ0n) is 17.0. The van der Waals surface area contributed by atoms with E-state index in [2.05, 4.69) is 25.8 Å². The summed E-state index contributed by atoms with van der Waals surface area (Å²) in [5, 5.41) is 14.9. The van der Waals surface area contributed by atoms with Gasteiger partial charge < -0.3 is 5.32 Å². The van der Waals surface area contributed by atoms with E-state index in [1.165, 1.54) is 17.6 Å². The van der Waals surface area contributed by atoms with Crippen molar-refractivity contribution >= 4 is 33.1 Å². The smallest absolute Gasteiger partial charge is 0.262 e. The number of tetrazole rings is 1. The first-order valence-corrected chi connectivity index (χ1v) is 11.1. The molecule has 31 heavy (non-hydrogen) atoms. The van der Waals surface area contributed by atoms with E-state index in [4.69, 9.17) is 0 Å². The van der Waals surface area contributed by atoms with Gasteiger partial charge in [0.2, 0.25) is 5.91 Å². The largest absolute Gasteiger partial charge is 0.326 e. The number of nitrogens with one attached hydrogen (secondary N) is 1. The summed E-state index contributed by atoms with van der Waals surface area (Å²) in [5.41, 5.74) is 3.45. The van der Waals surface area contributed by atoms with Crippen LogP contribution in [0.15, 0.2) is 35.6 Å². The lowest BCUT2D eigenvalue weighted by atomic mass is 9.97. The molecule has 0 aliphatic heterocycles. The van der Waals surface area contributed by atoms with E-state index >= 15 is 0 Å². The first-order chi connectivity index (χ1) is 15.1. The van der Waals surface area contributed by atoms with Crippen LogP contribution in [0.1, 0.15) is 35.3 Å². The average Bonchev–Trinajstić information content (AvgIpc) is 3.43. The van der Waals surface area contributed by atoms with Crippen LogP contribution in [-0.2, 0) is 24.2 Å². The monoisotopic (exact) mass is 435 g/mol. The van der Waals surface area contributed by atoms with Crippen molar-refractivity contribution in [1.82, 2.24) is 29.8 Å². The zero-order chi connectivity index (χ0) is 21.4. The molecule has 3 heterocycles. The normalized spacial score (nSPS) is 13.3. The molecule has 1 aromatic carbocycles. The molecule has 0 atom stereocenters. The molecule has 0 saturated heterocycles. The fourth-order valence-corrected chi connectivity index (χ4v) is 5.27. The third kappa shape index (κ3) is 3.63. The minimum atomic E-state index is -0.170. The highest BCUT2D eigenvalue weighted by molar-refractivity contribution is 7.18. The number of benzene rings is 1. The van der Waals surface area contributed by atoms with E-state index in [-0.39, 0.29) is 24.4 Å². The Labute approximate surface area is 181 Å². The van der Waals surface area contributed by atoms with Crippen LogP contribution in [0.25, 0.3) is 15.9 Å². The van der Waals surface area contributed by atoms with E-state index in [0.29, 0.717) is 5.69 Å².